The Balaban J connectivity index is 1.87. The summed E-state index contributed by atoms with van der Waals surface area (Å²) in [5.41, 5.74) is 0.612. The van der Waals surface area contributed by atoms with Crippen LogP contribution in [0.25, 0.3) is 0 Å². The predicted octanol–water partition coefficient (Wildman–Crippen LogP) is 1.70. The Hall–Kier alpha value is -2.54. The van der Waals surface area contributed by atoms with Gasteiger partial charge in [-0.1, -0.05) is 26.8 Å². The van der Waals surface area contributed by atoms with Crippen molar-refractivity contribution in [2.45, 2.75) is 51.2 Å². The molecule has 7 nitrogen and oxygen atoms in total. The third kappa shape index (κ3) is 3.99. The molecule has 2 heterocycles. The zero-order chi connectivity index (χ0) is 18.9. The van der Waals surface area contributed by atoms with Crippen LogP contribution in [0.1, 0.15) is 61.5 Å². The second-order valence-corrected chi connectivity index (χ2v) is 7.83. The van der Waals surface area contributed by atoms with E-state index in [1.54, 1.807) is 12.3 Å². The van der Waals surface area contributed by atoms with E-state index in [0.717, 1.165) is 5.69 Å². The molecule has 0 bridgehead atoms. The van der Waals surface area contributed by atoms with Crippen LogP contribution in [-0.2, 0) is 5.41 Å². The molecule has 1 fully saturated rings. The van der Waals surface area contributed by atoms with Crippen molar-refractivity contribution in [1.82, 2.24) is 20.3 Å². The number of carbonyl (C=O) groups excluding carboxylic acids is 1. The van der Waals surface area contributed by atoms with E-state index >= 15 is 0 Å². The molecule has 0 spiro atoms. The number of aromatic nitrogens is 3. The Labute approximate surface area is 151 Å². The fraction of sp³-hybridized carbons (Fsp3) is 0.474. The lowest BCUT2D eigenvalue weighted by molar-refractivity contribution is 0.0227. The van der Waals surface area contributed by atoms with Crippen LogP contribution < -0.4 is 11.0 Å². The maximum atomic E-state index is 12.8. The Bertz CT molecular complexity index is 836. The Kier molecular flexibility index (Phi) is 4.91. The molecule has 0 radical (unpaired) electrons. The van der Waals surface area contributed by atoms with Crippen LogP contribution in [0.3, 0.4) is 0 Å². The number of H-pyrrole nitrogens is 1. The minimum atomic E-state index is -0.545. The van der Waals surface area contributed by atoms with Gasteiger partial charge in [-0.15, -0.1) is 0 Å². The first-order valence-corrected chi connectivity index (χ1v) is 8.76. The van der Waals surface area contributed by atoms with Gasteiger partial charge in [0.25, 0.3) is 5.91 Å². The summed E-state index contributed by atoms with van der Waals surface area (Å²) in [4.78, 5) is 35.5. The van der Waals surface area contributed by atoms with Gasteiger partial charge in [-0.3, -0.25) is 9.78 Å². The van der Waals surface area contributed by atoms with E-state index in [9.17, 15) is 14.7 Å². The summed E-state index contributed by atoms with van der Waals surface area (Å²) in [6.07, 6.45) is 2.55. The van der Waals surface area contributed by atoms with Crippen molar-refractivity contribution in [3.05, 3.63) is 58.0 Å². The SMILES string of the molecule is CC(C)(C)c1cc(C(=O)N[C@@H](c2ccccn2)C2CC(O)C2)nc(=O)[nH]1. The molecule has 0 saturated heterocycles. The van der Waals surface area contributed by atoms with E-state index in [1.807, 2.05) is 39.0 Å². The monoisotopic (exact) mass is 356 g/mol. The van der Waals surface area contributed by atoms with Gasteiger partial charge in [0.05, 0.1) is 17.8 Å². The molecular formula is C19H24N4O3. The fourth-order valence-electron chi connectivity index (χ4n) is 3.09. The van der Waals surface area contributed by atoms with Gasteiger partial charge in [-0.05, 0) is 37.0 Å². The van der Waals surface area contributed by atoms with Gasteiger partial charge in [0.1, 0.15) is 5.69 Å². The molecule has 0 unspecified atom stereocenters. The number of carbonyl (C=O) groups is 1. The number of pyridine rings is 1. The lowest BCUT2D eigenvalue weighted by Crippen LogP contribution is -2.42. The van der Waals surface area contributed by atoms with Crippen molar-refractivity contribution < 1.29 is 9.90 Å². The van der Waals surface area contributed by atoms with Crippen LogP contribution in [0.15, 0.2) is 35.3 Å². The standard InChI is InChI=1S/C19H24N4O3/c1-19(2,3)15-10-14(21-18(26)22-15)17(25)23-16(11-8-12(24)9-11)13-6-4-5-7-20-13/h4-7,10-12,16,24H,8-9H2,1-3H3,(H,23,25)(H,21,22,26)/t11?,12?,16-/m1/s1. The molecule has 1 aliphatic rings. The zero-order valence-corrected chi connectivity index (χ0v) is 15.2. The van der Waals surface area contributed by atoms with E-state index in [2.05, 4.69) is 20.3 Å². The van der Waals surface area contributed by atoms with Crippen molar-refractivity contribution in [1.29, 1.82) is 0 Å². The third-order valence-corrected chi connectivity index (χ3v) is 4.70. The summed E-state index contributed by atoms with van der Waals surface area (Å²) in [5, 5.41) is 12.6. The first-order valence-electron chi connectivity index (χ1n) is 8.76. The largest absolute Gasteiger partial charge is 0.393 e. The highest BCUT2D eigenvalue weighted by atomic mass is 16.3. The summed E-state index contributed by atoms with van der Waals surface area (Å²) >= 11 is 0. The quantitative estimate of drug-likeness (QED) is 0.773. The first kappa shape index (κ1) is 18.3. The Morgan fingerprint density at radius 3 is 2.65 bits per heavy atom. The number of rotatable bonds is 4. The van der Waals surface area contributed by atoms with Crippen molar-refractivity contribution >= 4 is 5.91 Å². The summed E-state index contributed by atoms with van der Waals surface area (Å²) in [5.74, 6) is -0.313. The van der Waals surface area contributed by atoms with Gasteiger partial charge in [-0.25, -0.2) is 4.79 Å². The second-order valence-electron chi connectivity index (χ2n) is 7.83. The van der Waals surface area contributed by atoms with Crippen LogP contribution >= 0.6 is 0 Å². The normalized spacial score (nSPS) is 20.9. The third-order valence-electron chi connectivity index (χ3n) is 4.70. The smallest absolute Gasteiger partial charge is 0.345 e. The van der Waals surface area contributed by atoms with Crippen molar-refractivity contribution in [3.63, 3.8) is 0 Å². The van der Waals surface area contributed by atoms with Crippen LogP contribution in [-0.4, -0.2) is 32.1 Å². The Morgan fingerprint density at radius 1 is 1.35 bits per heavy atom. The van der Waals surface area contributed by atoms with Gasteiger partial charge in [-0.2, -0.15) is 4.98 Å². The van der Waals surface area contributed by atoms with E-state index in [-0.39, 0.29) is 29.2 Å². The summed E-state index contributed by atoms with van der Waals surface area (Å²) in [6.45, 7) is 5.85. The highest BCUT2D eigenvalue weighted by Gasteiger charge is 2.36. The van der Waals surface area contributed by atoms with E-state index in [1.165, 1.54) is 0 Å². The Morgan fingerprint density at radius 2 is 2.08 bits per heavy atom. The van der Waals surface area contributed by atoms with E-state index in [4.69, 9.17) is 0 Å². The average molecular weight is 356 g/mol. The summed E-state index contributed by atoms with van der Waals surface area (Å²) in [6, 6.07) is 6.81. The summed E-state index contributed by atoms with van der Waals surface area (Å²) in [7, 11) is 0. The molecule has 2 aromatic rings. The summed E-state index contributed by atoms with van der Waals surface area (Å²) < 4.78 is 0. The molecule has 1 amide bonds. The predicted molar refractivity (Wildman–Crippen MR) is 96.7 cm³/mol. The van der Waals surface area contributed by atoms with Gasteiger partial charge in [0.2, 0.25) is 0 Å². The minimum absolute atomic E-state index is 0.0829. The topological polar surface area (TPSA) is 108 Å². The highest BCUT2D eigenvalue weighted by Crippen LogP contribution is 2.37. The molecule has 3 N–H and O–H groups in total. The second kappa shape index (κ2) is 6.99. The molecule has 1 atom stereocenters. The van der Waals surface area contributed by atoms with Gasteiger partial charge in [0.15, 0.2) is 0 Å². The van der Waals surface area contributed by atoms with Crippen molar-refractivity contribution in [2.24, 2.45) is 5.92 Å². The van der Waals surface area contributed by atoms with Crippen molar-refractivity contribution in [3.8, 4) is 0 Å². The van der Waals surface area contributed by atoms with Crippen LogP contribution in [0.5, 0.6) is 0 Å². The fourth-order valence-corrected chi connectivity index (χ4v) is 3.09. The average Bonchev–Trinajstić information content (AvgIpc) is 2.56. The molecule has 7 heteroatoms. The highest BCUT2D eigenvalue weighted by molar-refractivity contribution is 5.92. The number of aromatic amines is 1. The number of hydrogen-bond acceptors (Lipinski definition) is 5. The lowest BCUT2D eigenvalue weighted by atomic mass is 9.76. The van der Waals surface area contributed by atoms with Crippen LogP contribution in [0, 0.1) is 5.92 Å². The molecule has 1 aliphatic carbocycles. The molecular weight excluding hydrogens is 332 g/mol. The number of nitrogens with one attached hydrogen (secondary N) is 2. The number of aliphatic hydroxyl groups is 1. The molecule has 1 saturated carbocycles. The number of nitrogens with zero attached hydrogens (tertiary/aromatic N) is 2. The maximum absolute atomic E-state index is 12.8. The first-order chi connectivity index (χ1) is 12.2. The molecule has 0 aliphatic heterocycles. The van der Waals surface area contributed by atoms with E-state index < -0.39 is 11.6 Å². The molecule has 26 heavy (non-hydrogen) atoms. The van der Waals surface area contributed by atoms with Gasteiger partial charge in [0, 0.05) is 17.3 Å². The van der Waals surface area contributed by atoms with Gasteiger partial charge < -0.3 is 15.4 Å². The molecule has 2 aromatic heterocycles. The van der Waals surface area contributed by atoms with Crippen LogP contribution in [0.4, 0.5) is 0 Å². The molecule has 3 rings (SSSR count). The van der Waals surface area contributed by atoms with Crippen LogP contribution in [0.2, 0.25) is 0 Å². The van der Waals surface area contributed by atoms with E-state index in [0.29, 0.717) is 18.5 Å². The van der Waals surface area contributed by atoms with Crippen molar-refractivity contribution in [2.75, 3.05) is 0 Å². The minimum Gasteiger partial charge on any atom is -0.393 e. The number of hydrogen-bond donors (Lipinski definition) is 3. The lowest BCUT2D eigenvalue weighted by Gasteiger charge is -2.37. The van der Waals surface area contributed by atoms with Gasteiger partial charge >= 0.3 is 5.69 Å². The molecule has 0 aromatic carbocycles. The zero-order valence-electron chi connectivity index (χ0n) is 15.2. The number of amides is 1. The maximum Gasteiger partial charge on any atom is 0.345 e. The number of aliphatic hydroxyl groups excluding tert-OH is 1. The molecule has 138 valence electrons.